The first kappa shape index (κ1) is 17.8. The van der Waals surface area contributed by atoms with E-state index in [1.807, 2.05) is 0 Å². The zero-order valence-corrected chi connectivity index (χ0v) is 12.3. The average molecular weight is 429 g/mol. The van der Waals surface area contributed by atoms with Crippen molar-refractivity contribution in [2.75, 3.05) is 6.61 Å². The molecule has 1 heterocycles. The van der Waals surface area contributed by atoms with Crippen LogP contribution in [0.25, 0.3) is 0 Å². The van der Waals surface area contributed by atoms with E-state index in [0.29, 0.717) is 6.20 Å². The number of pyridine rings is 1. The number of hydrogen-bond donors (Lipinski definition) is 0. The van der Waals surface area contributed by atoms with Crippen molar-refractivity contribution >= 4 is 28.6 Å². The number of carbonyl (C=O) groups is 1. The van der Waals surface area contributed by atoms with Crippen molar-refractivity contribution in [1.82, 2.24) is 4.98 Å². The maximum Gasteiger partial charge on any atom is 0.574 e. The third kappa shape index (κ3) is 4.61. The number of nitrogens with zero attached hydrogens (tertiary/aromatic N) is 1. The molecule has 0 radical (unpaired) electrons. The Kier molecular flexibility index (Phi) is 5.28. The van der Waals surface area contributed by atoms with Gasteiger partial charge in [0.25, 0.3) is 0 Å². The van der Waals surface area contributed by atoms with Gasteiger partial charge in [0, 0.05) is 9.77 Å². The van der Waals surface area contributed by atoms with Gasteiger partial charge in [0.15, 0.2) is 0 Å². The highest BCUT2D eigenvalue weighted by molar-refractivity contribution is 14.1. The molecule has 0 aliphatic heterocycles. The van der Waals surface area contributed by atoms with Crippen LogP contribution in [0.15, 0.2) is 6.20 Å². The largest absolute Gasteiger partial charge is 0.574 e. The average Bonchev–Trinajstić information content (AvgIpc) is 2.27. The number of hydrogen-bond acceptors (Lipinski definition) is 4. The molecular formula is C10H6F6INO3. The molecule has 0 aliphatic rings. The fourth-order valence-electron chi connectivity index (χ4n) is 1.33. The Labute approximate surface area is 127 Å². The molecule has 0 spiro atoms. The Hall–Kier alpha value is -1.27. The molecular weight excluding hydrogens is 423 g/mol. The summed E-state index contributed by atoms with van der Waals surface area (Å²) in [5.41, 5.74) is -3.00. The van der Waals surface area contributed by atoms with Crippen LogP contribution >= 0.6 is 22.6 Å². The predicted octanol–water partition coefficient (Wildman–Crippen LogP) is 3.78. The van der Waals surface area contributed by atoms with Crippen LogP contribution in [-0.4, -0.2) is 23.9 Å². The molecule has 0 saturated carbocycles. The van der Waals surface area contributed by atoms with Crippen LogP contribution in [0.1, 0.15) is 22.8 Å². The van der Waals surface area contributed by atoms with Gasteiger partial charge in [0.2, 0.25) is 5.88 Å². The van der Waals surface area contributed by atoms with E-state index in [9.17, 15) is 31.1 Å². The normalized spacial score (nSPS) is 12.2. The lowest BCUT2D eigenvalue weighted by atomic mass is 10.1. The van der Waals surface area contributed by atoms with E-state index >= 15 is 0 Å². The summed E-state index contributed by atoms with van der Waals surface area (Å²) in [4.78, 5) is 14.6. The molecule has 1 aromatic heterocycles. The van der Waals surface area contributed by atoms with Gasteiger partial charge in [-0.3, -0.25) is 0 Å². The minimum atomic E-state index is -5.30. The van der Waals surface area contributed by atoms with Crippen molar-refractivity contribution in [2.45, 2.75) is 19.5 Å². The van der Waals surface area contributed by atoms with Crippen LogP contribution in [0, 0.1) is 3.57 Å². The van der Waals surface area contributed by atoms with Crippen molar-refractivity contribution in [3.8, 4) is 5.88 Å². The number of rotatable bonds is 3. The first-order chi connectivity index (χ1) is 9.47. The summed E-state index contributed by atoms with van der Waals surface area (Å²) in [6.45, 7) is 0.962. The van der Waals surface area contributed by atoms with E-state index in [1.54, 1.807) is 0 Å². The van der Waals surface area contributed by atoms with E-state index in [1.165, 1.54) is 29.5 Å². The molecule has 0 atom stereocenters. The summed E-state index contributed by atoms with van der Waals surface area (Å²) in [6, 6.07) is 0. The Morgan fingerprint density at radius 2 is 1.86 bits per heavy atom. The molecule has 4 nitrogen and oxygen atoms in total. The smallest absolute Gasteiger partial charge is 0.462 e. The molecule has 0 unspecified atom stereocenters. The molecule has 0 N–H and O–H groups in total. The van der Waals surface area contributed by atoms with Gasteiger partial charge >= 0.3 is 18.5 Å². The molecule has 0 aliphatic carbocycles. The molecule has 0 amide bonds. The van der Waals surface area contributed by atoms with Crippen LogP contribution in [0.5, 0.6) is 5.88 Å². The van der Waals surface area contributed by atoms with Crippen molar-refractivity contribution in [3.05, 3.63) is 20.9 Å². The first-order valence-corrected chi connectivity index (χ1v) is 6.23. The summed E-state index contributed by atoms with van der Waals surface area (Å²) in [5, 5.41) is 0. The standard InChI is InChI=1S/C10H6F6INO3/c1-2-20-8(19)5-6(9(11,12)13)4(17)3-18-7(5)21-10(14,15)16/h3H,2H2,1H3. The summed E-state index contributed by atoms with van der Waals surface area (Å²) in [6.07, 6.45) is -9.86. The second-order valence-corrected chi connectivity index (χ2v) is 4.59. The van der Waals surface area contributed by atoms with Gasteiger partial charge in [-0.05, 0) is 29.5 Å². The molecule has 118 valence electrons. The fourth-order valence-corrected chi connectivity index (χ4v) is 2.04. The fraction of sp³-hybridized carbons (Fsp3) is 0.400. The number of ether oxygens (including phenoxy) is 2. The van der Waals surface area contributed by atoms with Gasteiger partial charge in [-0.25, -0.2) is 9.78 Å². The lowest BCUT2D eigenvalue weighted by Gasteiger charge is -2.17. The van der Waals surface area contributed by atoms with Crippen LogP contribution in [0.3, 0.4) is 0 Å². The number of halogens is 7. The summed E-state index contributed by atoms with van der Waals surface area (Å²) < 4.78 is 82.6. The van der Waals surface area contributed by atoms with E-state index < -0.39 is 39.1 Å². The maximum atomic E-state index is 12.9. The van der Waals surface area contributed by atoms with Gasteiger partial charge in [-0.1, -0.05) is 0 Å². The monoisotopic (exact) mass is 429 g/mol. The molecule has 1 rings (SSSR count). The van der Waals surface area contributed by atoms with Crippen molar-refractivity contribution < 1.29 is 40.6 Å². The Morgan fingerprint density at radius 3 is 2.29 bits per heavy atom. The second kappa shape index (κ2) is 6.23. The lowest BCUT2D eigenvalue weighted by molar-refractivity contribution is -0.276. The second-order valence-electron chi connectivity index (χ2n) is 3.43. The molecule has 0 bridgehead atoms. The number of carbonyl (C=O) groups excluding carboxylic acids is 1. The minimum absolute atomic E-state index is 0.326. The minimum Gasteiger partial charge on any atom is -0.462 e. The number of esters is 1. The molecule has 1 aromatic rings. The number of alkyl halides is 6. The van der Waals surface area contributed by atoms with Gasteiger partial charge in [-0.15, -0.1) is 13.2 Å². The SMILES string of the molecule is CCOC(=O)c1c(OC(F)(F)F)ncc(I)c1C(F)(F)F. The topological polar surface area (TPSA) is 48.4 Å². The summed E-state index contributed by atoms with van der Waals surface area (Å²) in [5.74, 6) is -3.11. The number of aromatic nitrogens is 1. The highest BCUT2D eigenvalue weighted by atomic mass is 127. The van der Waals surface area contributed by atoms with Gasteiger partial charge in [0.1, 0.15) is 5.56 Å². The van der Waals surface area contributed by atoms with Crippen molar-refractivity contribution in [3.63, 3.8) is 0 Å². The highest BCUT2D eigenvalue weighted by Gasteiger charge is 2.43. The van der Waals surface area contributed by atoms with E-state index in [-0.39, 0.29) is 6.61 Å². The molecule has 0 saturated heterocycles. The van der Waals surface area contributed by atoms with Gasteiger partial charge in [-0.2, -0.15) is 13.2 Å². The van der Waals surface area contributed by atoms with Crippen molar-refractivity contribution in [2.24, 2.45) is 0 Å². The summed E-state index contributed by atoms with van der Waals surface area (Å²) >= 11 is 1.20. The van der Waals surface area contributed by atoms with Crippen LogP contribution < -0.4 is 4.74 Å². The highest BCUT2D eigenvalue weighted by Crippen LogP contribution is 2.39. The van der Waals surface area contributed by atoms with E-state index in [0.717, 1.165) is 0 Å². The van der Waals surface area contributed by atoms with Gasteiger partial charge in [0.05, 0.1) is 12.2 Å². The summed E-state index contributed by atoms with van der Waals surface area (Å²) in [7, 11) is 0. The van der Waals surface area contributed by atoms with E-state index in [4.69, 9.17) is 0 Å². The Bertz CT molecular complexity index is 543. The Balaban J connectivity index is 3.55. The third-order valence-corrected chi connectivity index (χ3v) is 2.79. The maximum absolute atomic E-state index is 12.9. The Morgan fingerprint density at radius 1 is 1.29 bits per heavy atom. The van der Waals surface area contributed by atoms with Crippen molar-refractivity contribution in [1.29, 1.82) is 0 Å². The zero-order valence-electron chi connectivity index (χ0n) is 10.1. The quantitative estimate of drug-likeness (QED) is 0.417. The first-order valence-electron chi connectivity index (χ1n) is 5.16. The molecule has 0 aromatic carbocycles. The molecule has 0 fully saturated rings. The van der Waals surface area contributed by atoms with Crippen LogP contribution in [0.2, 0.25) is 0 Å². The van der Waals surface area contributed by atoms with E-state index in [2.05, 4.69) is 14.5 Å². The lowest BCUT2D eigenvalue weighted by Crippen LogP contribution is -2.24. The molecule has 11 heteroatoms. The van der Waals surface area contributed by atoms with Crippen LogP contribution in [0.4, 0.5) is 26.3 Å². The zero-order chi connectivity index (χ0) is 16.4. The van der Waals surface area contributed by atoms with Gasteiger partial charge < -0.3 is 9.47 Å². The molecule has 21 heavy (non-hydrogen) atoms. The van der Waals surface area contributed by atoms with Crippen LogP contribution in [-0.2, 0) is 10.9 Å². The predicted molar refractivity (Wildman–Crippen MR) is 64.6 cm³/mol. The third-order valence-electron chi connectivity index (χ3n) is 1.97.